The summed E-state index contributed by atoms with van der Waals surface area (Å²) < 4.78 is 27.1. The molecular formula is C25H38FNO2Si. The molecule has 3 nitrogen and oxygen atoms in total. The van der Waals surface area contributed by atoms with Gasteiger partial charge in [0.1, 0.15) is 18.2 Å². The van der Waals surface area contributed by atoms with E-state index in [0.29, 0.717) is 18.9 Å². The molecule has 2 aromatic carbocycles. The van der Waals surface area contributed by atoms with Gasteiger partial charge in [0.05, 0.1) is 6.10 Å². The van der Waals surface area contributed by atoms with Crippen molar-refractivity contribution in [2.24, 2.45) is 0 Å². The molecule has 166 valence electrons. The van der Waals surface area contributed by atoms with Crippen molar-refractivity contribution >= 4 is 8.32 Å². The second kappa shape index (κ2) is 12.9. The molecule has 0 aliphatic heterocycles. The van der Waals surface area contributed by atoms with Crippen molar-refractivity contribution < 1.29 is 13.6 Å². The molecule has 0 radical (unpaired) electrons. The molecular weight excluding hydrogens is 393 g/mol. The Labute approximate surface area is 183 Å². The van der Waals surface area contributed by atoms with Gasteiger partial charge >= 0.3 is 0 Å². The maximum atomic E-state index is 14.1. The van der Waals surface area contributed by atoms with E-state index in [4.69, 9.17) is 9.16 Å². The van der Waals surface area contributed by atoms with Crippen LogP contribution in [0, 0.1) is 5.82 Å². The maximum Gasteiger partial charge on any atom is 0.192 e. The molecule has 0 aliphatic rings. The lowest BCUT2D eigenvalue weighted by Gasteiger charge is -2.34. The fourth-order valence-electron chi connectivity index (χ4n) is 3.69. The molecule has 2 aromatic rings. The summed E-state index contributed by atoms with van der Waals surface area (Å²) in [6, 6.07) is 18.1. The van der Waals surface area contributed by atoms with Crippen LogP contribution in [0.3, 0.4) is 0 Å². The summed E-state index contributed by atoms with van der Waals surface area (Å²) in [5, 5.41) is 3.54. The minimum Gasteiger partial charge on any atom is -0.488 e. The van der Waals surface area contributed by atoms with E-state index < -0.39 is 8.32 Å². The Kier molecular flexibility index (Phi) is 10.5. The van der Waals surface area contributed by atoms with E-state index in [1.54, 1.807) is 0 Å². The second-order valence-electron chi connectivity index (χ2n) is 7.86. The predicted molar refractivity (Wildman–Crippen MR) is 126 cm³/mol. The first-order chi connectivity index (χ1) is 14.6. The molecule has 0 aliphatic carbocycles. The van der Waals surface area contributed by atoms with Crippen molar-refractivity contribution in [1.29, 1.82) is 0 Å². The van der Waals surface area contributed by atoms with Crippen molar-refractivity contribution in [2.45, 2.75) is 71.4 Å². The highest BCUT2D eigenvalue weighted by molar-refractivity contribution is 6.73. The normalized spacial score (nSPS) is 12.7. The summed E-state index contributed by atoms with van der Waals surface area (Å²) in [5.74, 6) is 0.289. The molecule has 0 spiro atoms. The van der Waals surface area contributed by atoms with Gasteiger partial charge < -0.3 is 14.5 Å². The number of unbranched alkanes of at least 4 members (excludes halogenated alkanes) is 1. The first kappa shape index (κ1) is 24.6. The fourth-order valence-corrected chi connectivity index (χ4v) is 6.50. The second-order valence-corrected chi connectivity index (χ2v) is 12.6. The topological polar surface area (TPSA) is 30.5 Å². The first-order valence-corrected chi connectivity index (χ1v) is 13.9. The lowest BCUT2D eigenvalue weighted by Crippen LogP contribution is -2.40. The third-order valence-electron chi connectivity index (χ3n) is 5.92. The summed E-state index contributed by atoms with van der Waals surface area (Å²) in [5.41, 5.74) is 1.99. The highest BCUT2D eigenvalue weighted by Crippen LogP contribution is 2.34. The number of ether oxygens (including phenoxy) is 1. The Morgan fingerprint density at radius 1 is 0.967 bits per heavy atom. The Bertz CT molecular complexity index is 729. The number of hydrogen-bond donors (Lipinski definition) is 1. The number of hydrogen-bond acceptors (Lipinski definition) is 3. The van der Waals surface area contributed by atoms with Crippen LogP contribution >= 0.6 is 0 Å². The molecule has 1 unspecified atom stereocenters. The Balaban J connectivity index is 2.28. The molecule has 0 aromatic heterocycles. The monoisotopic (exact) mass is 431 g/mol. The van der Waals surface area contributed by atoms with Gasteiger partial charge in [0, 0.05) is 18.2 Å². The quantitative estimate of drug-likeness (QED) is 0.262. The standard InChI is InChI=1S/C25H38FNO2Si/c1-5-9-17-27-19-25(29-30(6-2,7-3)8-4)23-16-15-22(26)18-24(23)28-20-21-13-11-10-12-14-21/h10-16,18,25,27H,5-9,17,19-20H2,1-4H3. The SMILES string of the molecule is CCCCNCC(O[Si](CC)(CC)CC)c1ccc(F)cc1OCc1ccccc1. The van der Waals surface area contributed by atoms with E-state index in [1.165, 1.54) is 12.1 Å². The molecule has 0 saturated heterocycles. The van der Waals surface area contributed by atoms with Crippen LogP contribution in [0.1, 0.15) is 57.8 Å². The van der Waals surface area contributed by atoms with Gasteiger partial charge in [-0.3, -0.25) is 0 Å². The molecule has 1 N–H and O–H groups in total. The zero-order valence-electron chi connectivity index (χ0n) is 19.0. The maximum absolute atomic E-state index is 14.1. The summed E-state index contributed by atoms with van der Waals surface area (Å²) >= 11 is 0. The minimum absolute atomic E-state index is 0.139. The van der Waals surface area contributed by atoms with Crippen molar-refractivity contribution in [1.82, 2.24) is 5.32 Å². The van der Waals surface area contributed by atoms with Gasteiger partial charge in [-0.25, -0.2) is 4.39 Å². The predicted octanol–water partition coefficient (Wildman–Crippen LogP) is 6.86. The average Bonchev–Trinajstić information content (AvgIpc) is 2.79. The van der Waals surface area contributed by atoms with Crippen LogP contribution in [0.25, 0.3) is 0 Å². The highest BCUT2D eigenvalue weighted by Gasteiger charge is 2.33. The van der Waals surface area contributed by atoms with Gasteiger partial charge in [0.15, 0.2) is 8.32 Å². The Morgan fingerprint density at radius 3 is 2.30 bits per heavy atom. The smallest absolute Gasteiger partial charge is 0.192 e. The van der Waals surface area contributed by atoms with Crippen LogP contribution in [-0.2, 0) is 11.0 Å². The van der Waals surface area contributed by atoms with E-state index in [9.17, 15) is 4.39 Å². The van der Waals surface area contributed by atoms with E-state index in [-0.39, 0.29) is 11.9 Å². The van der Waals surface area contributed by atoms with Gasteiger partial charge in [0.2, 0.25) is 0 Å². The summed E-state index contributed by atoms with van der Waals surface area (Å²) in [6.45, 7) is 11.0. The molecule has 0 saturated carbocycles. The molecule has 0 fully saturated rings. The molecule has 0 amide bonds. The van der Waals surface area contributed by atoms with Crippen molar-refractivity contribution in [3.63, 3.8) is 0 Å². The number of benzene rings is 2. The average molecular weight is 432 g/mol. The largest absolute Gasteiger partial charge is 0.488 e. The highest BCUT2D eigenvalue weighted by atomic mass is 28.4. The lowest BCUT2D eigenvalue weighted by molar-refractivity contribution is 0.178. The zero-order chi connectivity index (χ0) is 21.8. The van der Waals surface area contributed by atoms with Gasteiger partial charge in [-0.05, 0) is 48.8 Å². The Morgan fingerprint density at radius 2 is 1.67 bits per heavy atom. The van der Waals surface area contributed by atoms with Crippen LogP contribution in [-0.4, -0.2) is 21.4 Å². The van der Waals surface area contributed by atoms with Gasteiger partial charge in [0.25, 0.3) is 0 Å². The molecule has 1 atom stereocenters. The summed E-state index contributed by atoms with van der Waals surface area (Å²) in [7, 11) is -1.84. The van der Waals surface area contributed by atoms with Crippen LogP contribution in [0.5, 0.6) is 5.75 Å². The van der Waals surface area contributed by atoms with Crippen LogP contribution in [0.4, 0.5) is 4.39 Å². The third kappa shape index (κ3) is 7.22. The number of rotatable bonds is 14. The van der Waals surface area contributed by atoms with E-state index >= 15 is 0 Å². The summed E-state index contributed by atoms with van der Waals surface area (Å²) in [4.78, 5) is 0. The van der Waals surface area contributed by atoms with E-state index in [2.05, 4.69) is 33.0 Å². The first-order valence-electron chi connectivity index (χ1n) is 11.4. The number of nitrogens with one attached hydrogen (secondary N) is 1. The minimum atomic E-state index is -1.84. The molecule has 0 bridgehead atoms. The van der Waals surface area contributed by atoms with Crippen molar-refractivity contribution in [3.05, 3.63) is 65.5 Å². The Hall–Kier alpha value is -1.69. The molecule has 5 heteroatoms. The van der Waals surface area contributed by atoms with Gasteiger partial charge in [-0.2, -0.15) is 0 Å². The molecule has 2 rings (SSSR count). The molecule has 0 heterocycles. The van der Waals surface area contributed by atoms with E-state index in [0.717, 1.165) is 48.6 Å². The third-order valence-corrected chi connectivity index (χ3v) is 10.6. The van der Waals surface area contributed by atoms with Crippen molar-refractivity contribution in [3.8, 4) is 5.75 Å². The zero-order valence-corrected chi connectivity index (χ0v) is 20.0. The van der Waals surface area contributed by atoms with Gasteiger partial charge in [-0.15, -0.1) is 0 Å². The van der Waals surface area contributed by atoms with Crippen LogP contribution in [0.2, 0.25) is 18.1 Å². The summed E-state index contributed by atoms with van der Waals surface area (Å²) in [6.07, 6.45) is 2.14. The van der Waals surface area contributed by atoms with Gasteiger partial charge in [-0.1, -0.05) is 64.4 Å². The molecule has 30 heavy (non-hydrogen) atoms. The van der Waals surface area contributed by atoms with E-state index in [1.807, 2.05) is 36.4 Å². The van der Waals surface area contributed by atoms with Crippen molar-refractivity contribution in [2.75, 3.05) is 13.1 Å². The lowest BCUT2D eigenvalue weighted by atomic mass is 10.1. The van der Waals surface area contributed by atoms with Crippen LogP contribution < -0.4 is 10.1 Å². The fraction of sp³-hybridized carbons (Fsp3) is 0.520. The van der Waals surface area contributed by atoms with Crippen LogP contribution in [0.15, 0.2) is 48.5 Å². The number of halogens is 1.